The maximum absolute atomic E-state index is 12.0. The molecular weight excluding hydrogens is 491 g/mol. The first-order valence-electron chi connectivity index (χ1n) is 10.8. The molecule has 1 aromatic rings. The normalized spacial score (nSPS) is 23.2. The quantitative estimate of drug-likeness (QED) is 0.276. The Morgan fingerprint density at radius 1 is 1.20 bits per heavy atom. The van der Waals surface area contributed by atoms with Crippen LogP contribution in [0.25, 0.3) is 0 Å². The average Bonchev–Trinajstić information content (AvgIpc) is 3.12. The van der Waals surface area contributed by atoms with Gasteiger partial charge in [-0.25, -0.2) is 0 Å². The van der Waals surface area contributed by atoms with Gasteiger partial charge in [0.25, 0.3) is 0 Å². The smallest absolute Gasteiger partial charge is 0.310 e. The molecule has 2 saturated heterocycles. The van der Waals surface area contributed by atoms with E-state index in [1.54, 1.807) is 0 Å². The molecule has 7 heteroatoms. The molecule has 2 fully saturated rings. The molecule has 1 N–H and O–H groups in total. The molecule has 0 amide bonds. The summed E-state index contributed by atoms with van der Waals surface area (Å²) >= 11 is 0. The second kappa shape index (κ2) is 11.9. The summed E-state index contributed by atoms with van der Waals surface area (Å²) in [6.07, 6.45) is 2.41. The van der Waals surface area contributed by atoms with Gasteiger partial charge in [0.05, 0.1) is 13.0 Å². The number of likely N-dealkylation sites (tertiary alicyclic amines) is 2. The van der Waals surface area contributed by atoms with Crippen molar-refractivity contribution >= 4 is 35.9 Å². The van der Waals surface area contributed by atoms with E-state index in [4.69, 9.17) is 4.74 Å². The van der Waals surface area contributed by atoms with E-state index in [0.717, 1.165) is 38.7 Å². The summed E-state index contributed by atoms with van der Waals surface area (Å²) in [6.45, 7) is 10.0. The first kappa shape index (κ1) is 24.9. The summed E-state index contributed by atoms with van der Waals surface area (Å²) < 4.78 is 4.95. The summed E-state index contributed by atoms with van der Waals surface area (Å²) in [6, 6.07) is 8.88. The molecule has 0 aromatic heterocycles. The molecule has 0 spiro atoms. The fraction of sp³-hybridized carbons (Fsp3) is 0.652. The lowest BCUT2D eigenvalue weighted by molar-refractivity contribution is -0.145. The first-order chi connectivity index (χ1) is 14.0. The third kappa shape index (κ3) is 6.57. The van der Waals surface area contributed by atoms with Crippen molar-refractivity contribution in [3.8, 4) is 0 Å². The van der Waals surface area contributed by atoms with Crippen LogP contribution in [0.1, 0.15) is 30.9 Å². The van der Waals surface area contributed by atoms with E-state index >= 15 is 0 Å². The number of hydrogen-bond acceptors (Lipinski definition) is 4. The monoisotopic (exact) mass is 528 g/mol. The van der Waals surface area contributed by atoms with Crippen LogP contribution in [0.4, 0.5) is 0 Å². The zero-order chi connectivity index (χ0) is 20.8. The minimum atomic E-state index is -0.114. The van der Waals surface area contributed by atoms with Crippen LogP contribution < -0.4 is 5.32 Å². The molecule has 6 nitrogen and oxygen atoms in total. The van der Waals surface area contributed by atoms with Crippen LogP contribution in [0.3, 0.4) is 0 Å². The number of carbonyl (C=O) groups is 1. The highest BCUT2D eigenvalue weighted by atomic mass is 127. The van der Waals surface area contributed by atoms with Crippen LogP contribution >= 0.6 is 24.0 Å². The third-order valence-electron chi connectivity index (χ3n) is 6.41. The van der Waals surface area contributed by atoms with Gasteiger partial charge in [-0.05, 0) is 50.3 Å². The van der Waals surface area contributed by atoms with Crippen molar-refractivity contribution < 1.29 is 9.53 Å². The number of rotatable bonds is 5. The Bertz CT molecular complexity index is 702. The number of carbonyl (C=O) groups excluding carboxylic acids is 1. The van der Waals surface area contributed by atoms with E-state index in [1.807, 2.05) is 7.05 Å². The third-order valence-corrected chi connectivity index (χ3v) is 6.41. The van der Waals surface area contributed by atoms with Gasteiger partial charge in [-0.15, -0.1) is 24.0 Å². The van der Waals surface area contributed by atoms with E-state index in [0.29, 0.717) is 12.5 Å². The molecule has 2 heterocycles. The Kier molecular flexibility index (Phi) is 9.87. The van der Waals surface area contributed by atoms with Crippen LogP contribution in [0.2, 0.25) is 0 Å². The molecular formula is C23H37IN4O2. The lowest BCUT2D eigenvalue weighted by Gasteiger charge is -2.33. The molecule has 2 aliphatic rings. The van der Waals surface area contributed by atoms with Crippen molar-refractivity contribution in [2.75, 3.05) is 46.9 Å². The molecule has 3 rings (SSSR count). The van der Waals surface area contributed by atoms with E-state index in [2.05, 4.69) is 58.2 Å². The van der Waals surface area contributed by atoms with E-state index in [1.165, 1.54) is 31.1 Å². The maximum atomic E-state index is 12.0. The predicted octanol–water partition coefficient (Wildman–Crippen LogP) is 3.14. The second-order valence-corrected chi connectivity index (χ2v) is 8.65. The molecule has 0 aliphatic carbocycles. The van der Waals surface area contributed by atoms with Gasteiger partial charge >= 0.3 is 5.97 Å². The van der Waals surface area contributed by atoms with Crippen LogP contribution in [0.15, 0.2) is 29.3 Å². The number of esters is 1. The van der Waals surface area contributed by atoms with E-state index in [9.17, 15) is 4.79 Å². The zero-order valence-corrected chi connectivity index (χ0v) is 21.1. The molecule has 1 aromatic carbocycles. The molecule has 30 heavy (non-hydrogen) atoms. The number of hydrogen-bond donors (Lipinski definition) is 1. The summed E-state index contributed by atoms with van der Waals surface area (Å²) in [7, 11) is 3.29. The molecule has 2 unspecified atom stereocenters. The van der Waals surface area contributed by atoms with Crippen molar-refractivity contribution in [2.24, 2.45) is 22.7 Å². The van der Waals surface area contributed by atoms with Crippen molar-refractivity contribution in [2.45, 2.75) is 33.2 Å². The molecule has 0 saturated carbocycles. The van der Waals surface area contributed by atoms with Gasteiger partial charge in [-0.1, -0.05) is 36.8 Å². The summed E-state index contributed by atoms with van der Waals surface area (Å²) in [5.41, 5.74) is 2.72. The van der Waals surface area contributed by atoms with Crippen LogP contribution in [0, 0.1) is 24.7 Å². The minimum absolute atomic E-state index is 0. The molecule has 2 atom stereocenters. The standard InChI is InChI=1S/C23H36N4O2.HI/c1-17-5-7-20(8-6-17)15-26-11-9-19(10-12-26)13-25-23(24-3)27-14-18(2)21(16-27)22(28)29-4;/h5-8,18-19,21H,9-16H2,1-4H3,(H,24,25);1H. The van der Waals surface area contributed by atoms with Gasteiger partial charge in [0, 0.05) is 33.2 Å². The lowest BCUT2D eigenvalue weighted by atomic mass is 9.96. The van der Waals surface area contributed by atoms with Crippen molar-refractivity contribution in [3.05, 3.63) is 35.4 Å². The average molecular weight is 528 g/mol. The van der Waals surface area contributed by atoms with Crippen molar-refractivity contribution in [1.29, 1.82) is 0 Å². The number of methoxy groups -OCH3 is 1. The number of aliphatic imine (C=N–C) groups is 1. The van der Waals surface area contributed by atoms with Gasteiger partial charge in [0.15, 0.2) is 5.96 Å². The van der Waals surface area contributed by atoms with Gasteiger partial charge < -0.3 is 15.0 Å². The molecule has 2 aliphatic heterocycles. The Labute approximate surface area is 198 Å². The maximum Gasteiger partial charge on any atom is 0.310 e. The molecule has 0 bridgehead atoms. The highest BCUT2D eigenvalue weighted by Gasteiger charge is 2.37. The predicted molar refractivity (Wildman–Crippen MR) is 132 cm³/mol. The van der Waals surface area contributed by atoms with E-state index in [-0.39, 0.29) is 41.8 Å². The highest BCUT2D eigenvalue weighted by molar-refractivity contribution is 14.0. The lowest BCUT2D eigenvalue weighted by Crippen LogP contribution is -2.44. The Morgan fingerprint density at radius 3 is 2.47 bits per heavy atom. The SMILES string of the molecule is CN=C(NCC1CCN(Cc2ccc(C)cc2)CC1)N1CC(C)C(C(=O)OC)C1.I. The van der Waals surface area contributed by atoms with Crippen LogP contribution in [0.5, 0.6) is 0 Å². The summed E-state index contributed by atoms with van der Waals surface area (Å²) in [4.78, 5) is 21.2. The number of nitrogens with one attached hydrogen (secondary N) is 1. The summed E-state index contributed by atoms with van der Waals surface area (Å²) in [5.74, 6) is 1.67. The van der Waals surface area contributed by atoms with Crippen LogP contribution in [-0.4, -0.2) is 68.6 Å². The minimum Gasteiger partial charge on any atom is -0.469 e. The zero-order valence-electron chi connectivity index (χ0n) is 18.8. The van der Waals surface area contributed by atoms with Gasteiger partial charge in [0.2, 0.25) is 0 Å². The second-order valence-electron chi connectivity index (χ2n) is 8.65. The highest BCUT2D eigenvalue weighted by Crippen LogP contribution is 2.24. The Hall–Kier alpha value is -1.35. The Balaban J connectivity index is 0.00000320. The fourth-order valence-electron chi connectivity index (χ4n) is 4.47. The van der Waals surface area contributed by atoms with Crippen molar-refractivity contribution in [3.63, 3.8) is 0 Å². The van der Waals surface area contributed by atoms with Gasteiger partial charge in [0.1, 0.15) is 0 Å². The molecule has 0 radical (unpaired) electrons. The number of piperidine rings is 1. The number of benzene rings is 1. The largest absolute Gasteiger partial charge is 0.469 e. The van der Waals surface area contributed by atoms with Crippen molar-refractivity contribution in [1.82, 2.24) is 15.1 Å². The number of ether oxygens (including phenoxy) is 1. The first-order valence-corrected chi connectivity index (χ1v) is 10.8. The van der Waals surface area contributed by atoms with Crippen LogP contribution in [-0.2, 0) is 16.1 Å². The molecule has 168 valence electrons. The Morgan fingerprint density at radius 2 is 1.87 bits per heavy atom. The number of nitrogens with zero attached hydrogens (tertiary/aromatic N) is 3. The number of aryl methyl sites for hydroxylation is 1. The van der Waals surface area contributed by atoms with E-state index < -0.39 is 0 Å². The van der Waals surface area contributed by atoms with Gasteiger partial charge in [-0.2, -0.15) is 0 Å². The number of guanidine groups is 1. The van der Waals surface area contributed by atoms with Gasteiger partial charge in [-0.3, -0.25) is 14.7 Å². The number of halogens is 1. The fourth-order valence-corrected chi connectivity index (χ4v) is 4.47. The topological polar surface area (TPSA) is 57.2 Å². The summed E-state index contributed by atoms with van der Waals surface area (Å²) in [5, 5.41) is 3.56.